The summed E-state index contributed by atoms with van der Waals surface area (Å²) in [6, 6.07) is 8.35. The lowest BCUT2D eigenvalue weighted by atomic mass is 9.79. The van der Waals surface area contributed by atoms with Crippen molar-refractivity contribution in [2.24, 2.45) is 17.8 Å². The van der Waals surface area contributed by atoms with Crippen LogP contribution >= 0.6 is 15.9 Å². The van der Waals surface area contributed by atoms with Crippen LogP contribution in [0.5, 0.6) is 0 Å². The Morgan fingerprint density at radius 2 is 1.80 bits per heavy atom. The maximum absolute atomic E-state index is 12.5. The largest absolute Gasteiger partial charge is 0.326 e. The van der Waals surface area contributed by atoms with E-state index >= 15 is 0 Å². The second-order valence-corrected chi connectivity index (χ2v) is 9.19. The van der Waals surface area contributed by atoms with E-state index in [-0.39, 0.29) is 11.8 Å². The zero-order valence-electron chi connectivity index (χ0n) is 16.1. The Hall–Kier alpha value is -0.830. The van der Waals surface area contributed by atoms with Crippen molar-refractivity contribution in [2.75, 3.05) is 5.32 Å². The fourth-order valence-corrected chi connectivity index (χ4v) is 4.01. The number of unbranched alkanes of at least 4 members (excludes halogenated alkanes) is 1. The summed E-state index contributed by atoms with van der Waals surface area (Å²) in [4.78, 5) is 13.0. The predicted octanol–water partition coefficient (Wildman–Crippen LogP) is 6.58. The highest BCUT2D eigenvalue weighted by Crippen LogP contribution is 2.32. The minimum atomic E-state index is 0.199. The molecular weight excluding hydrogens is 374 g/mol. The van der Waals surface area contributed by atoms with Gasteiger partial charge in [-0.15, -0.1) is 0 Å². The Bertz CT molecular complexity index is 517. The topological polar surface area (TPSA) is 29.1 Å². The summed E-state index contributed by atoms with van der Waals surface area (Å²) < 4.78 is 0. The van der Waals surface area contributed by atoms with Gasteiger partial charge in [-0.2, -0.15) is 0 Å². The summed E-state index contributed by atoms with van der Waals surface area (Å²) in [6.45, 7) is 6.71. The lowest BCUT2D eigenvalue weighted by Crippen LogP contribution is -2.27. The summed E-state index contributed by atoms with van der Waals surface area (Å²) in [5.74, 6) is 1.88. The SMILES string of the molecule is CCCCC1CCC(C(=O)Nc2ccc(CC(Br)C(C)C)cc2)CC1. The highest BCUT2D eigenvalue weighted by molar-refractivity contribution is 9.09. The van der Waals surface area contributed by atoms with Crippen LogP contribution in [0, 0.1) is 17.8 Å². The molecule has 0 heterocycles. The van der Waals surface area contributed by atoms with Gasteiger partial charge >= 0.3 is 0 Å². The molecule has 1 N–H and O–H groups in total. The molecule has 0 radical (unpaired) electrons. The van der Waals surface area contributed by atoms with Gasteiger partial charge in [-0.3, -0.25) is 4.79 Å². The van der Waals surface area contributed by atoms with Gasteiger partial charge in [0.05, 0.1) is 0 Å². The third kappa shape index (κ3) is 6.77. The van der Waals surface area contributed by atoms with Crippen molar-refractivity contribution >= 4 is 27.5 Å². The molecule has 1 aliphatic rings. The monoisotopic (exact) mass is 407 g/mol. The van der Waals surface area contributed by atoms with Gasteiger partial charge in [-0.25, -0.2) is 0 Å². The molecule has 0 saturated heterocycles. The molecule has 1 aromatic carbocycles. The van der Waals surface area contributed by atoms with Crippen molar-refractivity contribution in [1.82, 2.24) is 0 Å². The molecule has 140 valence electrons. The molecule has 2 nitrogen and oxygen atoms in total. The molecule has 1 unspecified atom stereocenters. The van der Waals surface area contributed by atoms with E-state index in [1.165, 1.54) is 37.7 Å². The standard InChI is InChI=1S/C22H34BrNO/c1-4-5-6-17-7-11-19(12-8-17)22(25)24-20-13-9-18(10-14-20)15-21(23)16(2)3/h9-10,13-14,16-17,19,21H,4-8,11-12,15H2,1-3H3,(H,24,25). The number of halogens is 1. The van der Waals surface area contributed by atoms with Crippen LogP contribution in [0.15, 0.2) is 24.3 Å². The fourth-order valence-electron chi connectivity index (χ4n) is 3.64. The van der Waals surface area contributed by atoms with E-state index in [1.807, 2.05) is 12.1 Å². The van der Waals surface area contributed by atoms with Gasteiger partial charge in [-0.1, -0.05) is 68.1 Å². The minimum absolute atomic E-state index is 0.199. The van der Waals surface area contributed by atoms with Crippen molar-refractivity contribution in [3.05, 3.63) is 29.8 Å². The Morgan fingerprint density at radius 3 is 2.36 bits per heavy atom. The van der Waals surface area contributed by atoms with Crippen LogP contribution in [0.4, 0.5) is 5.69 Å². The smallest absolute Gasteiger partial charge is 0.227 e. The number of alkyl halides is 1. The zero-order chi connectivity index (χ0) is 18.2. The highest BCUT2D eigenvalue weighted by atomic mass is 79.9. The van der Waals surface area contributed by atoms with E-state index in [0.717, 1.165) is 30.9 Å². The normalized spacial score (nSPS) is 22.0. The number of anilines is 1. The number of carbonyl (C=O) groups is 1. The minimum Gasteiger partial charge on any atom is -0.326 e. The molecular formula is C22H34BrNO. The van der Waals surface area contributed by atoms with Gasteiger partial charge in [-0.05, 0) is 61.6 Å². The average molecular weight is 408 g/mol. The molecule has 0 bridgehead atoms. The van der Waals surface area contributed by atoms with Gasteiger partial charge in [0.15, 0.2) is 0 Å². The molecule has 0 spiro atoms. The van der Waals surface area contributed by atoms with E-state index in [0.29, 0.717) is 10.7 Å². The third-order valence-electron chi connectivity index (χ3n) is 5.56. The lowest BCUT2D eigenvalue weighted by Gasteiger charge is -2.27. The van der Waals surface area contributed by atoms with E-state index in [9.17, 15) is 4.79 Å². The molecule has 0 aliphatic heterocycles. The van der Waals surface area contributed by atoms with Crippen molar-refractivity contribution < 1.29 is 4.79 Å². The first kappa shape index (κ1) is 20.5. The van der Waals surface area contributed by atoms with Gasteiger partial charge in [0.2, 0.25) is 5.91 Å². The van der Waals surface area contributed by atoms with Crippen LogP contribution in [0.25, 0.3) is 0 Å². The number of nitrogens with one attached hydrogen (secondary N) is 1. The van der Waals surface area contributed by atoms with Crippen LogP contribution in [0.3, 0.4) is 0 Å². The Morgan fingerprint density at radius 1 is 1.16 bits per heavy atom. The highest BCUT2D eigenvalue weighted by Gasteiger charge is 2.26. The van der Waals surface area contributed by atoms with Crippen molar-refractivity contribution in [3.8, 4) is 0 Å². The number of hydrogen-bond donors (Lipinski definition) is 1. The molecule has 3 heteroatoms. The number of carbonyl (C=O) groups excluding carboxylic acids is 1. The third-order valence-corrected chi connectivity index (χ3v) is 6.94. The van der Waals surface area contributed by atoms with Crippen LogP contribution in [0.2, 0.25) is 0 Å². The van der Waals surface area contributed by atoms with E-state index in [4.69, 9.17) is 0 Å². The van der Waals surface area contributed by atoms with Crippen LogP contribution in [0.1, 0.15) is 71.3 Å². The van der Waals surface area contributed by atoms with Gasteiger partial charge in [0.1, 0.15) is 0 Å². The van der Waals surface area contributed by atoms with Crippen LogP contribution in [-0.2, 0) is 11.2 Å². The van der Waals surface area contributed by atoms with E-state index in [2.05, 4.69) is 54.2 Å². The maximum Gasteiger partial charge on any atom is 0.227 e. The summed E-state index contributed by atoms with van der Waals surface area (Å²) in [7, 11) is 0. The zero-order valence-corrected chi connectivity index (χ0v) is 17.6. The molecule has 1 atom stereocenters. The molecule has 1 aliphatic carbocycles. The van der Waals surface area contributed by atoms with Crippen molar-refractivity contribution in [1.29, 1.82) is 0 Å². The van der Waals surface area contributed by atoms with E-state index in [1.54, 1.807) is 0 Å². The number of rotatable bonds is 8. The predicted molar refractivity (Wildman–Crippen MR) is 111 cm³/mol. The van der Waals surface area contributed by atoms with Gasteiger partial charge in [0.25, 0.3) is 0 Å². The number of hydrogen-bond acceptors (Lipinski definition) is 1. The van der Waals surface area contributed by atoms with E-state index < -0.39 is 0 Å². The first-order valence-corrected chi connectivity index (χ1v) is 10.9. The fraction of sp³-hybridized carbons (Fsp3) is 0.682. The average Bonchev–Trinajstić information content (AvgIpc) is 2.61. The first-order valence-electron chi connectivity index (χ1n) is 10.0. The summed E-state index contributed by atoms with van der Waals surface area (Å²) >= 11 is 3.74. The summed E-state index contributed by atoms with van der Waals surface area (Å²) in [5, 5.41) is 3.12. The lowest BCUT2D eigenvalue weighted by molar-refractivity contribution is -0.121. The molecule has 1 fully saturated rings. The summed E-state index contributed by atoms with van der Waals surface area (Å²) in [5.41, 5.74) is 2.24. The Balaban J connectivity index is 1.79. The maximum atomic E-state index is 12.5. The van der Waals surface area contributed by atoms with Crippen molar-refractivity contribution in [3.63, 3.8) is 0 Å². The molecule has 1 amide bonds. The van der Waals surface area contributed by atoms with Crippen LogP contribution < -0.4 is 5.32 Å². The second-order valence-electron chi connectivity index (χ2n) is 8.01. The Labute approximate surface area is 162 Å². The summed E-state index contributed by atoms with van der Waals surface area (Å²) in [6.07, 6.45) is 9.53. The molecule has 2 rings (SSSR count). The quantitative estimate of drug-likeness (QED) is 0.484. The second kappa shape index (κ2) is 10.4. The molecule has 25 heavy (non-hydrogen) atoms. The molecule has 1 saturated carbocycles. The van der Waals surface area contributed by atoms with Gasteiger partial charge < -0.3 is 5.32 Å². The first-order chi connectivity index (χ1) is 12.0. The van der Waals surface area contributed by atoms with Gasteiger partial charge in [0, 0.05) is 16.4 Å². The molecule has 0 aromatic heterocycles. The van der Waals surface area contributed by atoms with Crippen molar-refractivity contribution in [2.45, 2.75) is 77.0 Å². The van der Waals surface area contributed by atoms with Crippen LogP contribution in [-0.4, -0.2) is 10.7 Å². The number of benzene rings is 1. The number of amides is 1. The molecule has 1 aromatic rings. The Kier molecular flexibility index (Phi) is 8.48.